The SMILES string of the molecule is C#CCCCCc1c2[n+](cc3c(OC)c(OC)ccc13)CCc1cc(OCC#N)c(OC)cc1-2. The molecule has 4 rings (SSSR count). The van der Waals surface area contributed by atoms with E-state index in [4.69, 9.17) is 30.6 Å². The van der Waals surface area contributed by atoms with Crippen LogP contribution in [0.4, 0.5) is 0 Å². The van der Waals surface area contributed by atoms with Crippen LogP contribution in [0.5, 0.6) is 23.0 Å². The van der Waals surface area contributed by atoms with E-state index in [9.17, 15) is 0 Å². The predicted molar refractivity (Wildman–Crippen MR) is 130 cm³/mol. The maximum atomic E-state index is 8.95. The van der Waals surface area contributed by atoms with Gasteiger partial charge in [0.1, 0.15) is 6.07 Å². The van der Waals surface area contributed by atoms with E-state index < -0.39 is 0 Å². The number of fused-ring (bicyclic) bond motifs is 4. The lowest BCUT2D eigenvalue weighted by atomic mass is 9.89. The Labute approximate surface area is 200 Å². The minimum Gasteiger partial charge on any atom is -0.493 e. The number of terminal acetylenes is 1. The number of nitrogens with zero attached hydrogens (tertiary/aromatic N) is 2. The molecule has 174 valence electrons. The molecule has 0 atom stereocenters. The van der Waals surface area contributed by atoms with Gasteiger partial charge in [-0.15, -0.1) is 12.3 Å². The van der Waals surface area contributed by atoms with Crippen LogP contribution >= 0.6 is 0 Å². The Morgan fingerprint density at radius 2 is 1.82 bits per heavy atom. The molecule has 1 aliphatic rings. The van der Waals surface area contributed by atoms with Gasteiger partial charge < -0.3 is 18.9 Å². The standard InChI is InChI=1S/C28H29N2O4/c1-5-6-7-8-9-21-20-10-11-24(31-2)28(33-4)23(20)18-30-14-12-19-16-26(34-15-13-29)25(32-3)17-22(19)27(21)30/h1,10-11,16-18H,6-9,12,14-15H2,2-4H3/q+1. The zero-order chi connectivity index (χ0) is 24.1. The van der Waals surface area contributed by atoms with Gasteiger partial charge >= 0.3 is 0 Å². The number of aromatic nitrogens is 1. The van der Waals surface area contributed by atoms with Gasteiger partial charge in [-0.1, -0.05) is 0 Å². The molecule has 2 aromatic carbocycles. The summed E-state index contributed by atoms with van der Waals surface area (Å²) in [6, 6.07) is 10.1. The number of pyridine rings is 1. The summed E-state index contributed by atoms with van der Waals surface area (Å²) in [5, 5.41) is 11.1. The molecular formula is C28H29N2O4+. The first-order chi connectivity index (χ1) is 16.7. The van der Waals surface area contributed by atoms with Crippen molar-refractivity contribution in [1.82, 2.24) is 0 Å². The fourth-order valence-corrected chi connectivity index (χ4v) is 4.79. The molecule has 2 heterocycles. The van der Waals surface area contributed by atoms with Crippen molar-refractivity contribution in [3.8, 4) is 52.7 Å². The quantitative estimate of drug-likeness (QED) is 0.266. The zero-order valence-electron chi connectivity index (χ0n) is 19.9. The third-order valence-electron chi connectivity index (χ3n) is 6.32. The van der Waals surface area contributed by atoms with Gasteiger partial charge in [0.05, 0.1) is 32.3 Å². The Morgan fingerprint density at radius 3 is 2.53 bits per heavy atom. The Balaban J connectivity index is 1.95. The molecule has 0 spiro atoms. The summed E-state index contributed by atoms with van der Waals surface area (Å²) in [5.41, 5.74) is 4.73. The van der Waals surface area contributed by atoms with E-state index in [0.29, 0.717) is 17.2 Å². The van der Waals surface area contributed by atoms with E-state index in [0.717, 1.165) is 60.7 Å². The molecule has 3 aromatic rings. The number of hydrogen-bond acceptors (Lipinski definition) is 5. The van der Waals surface area contributed by atoms with Crippen molar-refractivity contribution in [1.29, 1.82) is 5.26 Å². The molecule has 6 nitrogen and oxygen atoms in total. The van der Waals surface area contributed by atoms with E-state index in [-0.39, 0.29) is 6.61 Å². The van der Waals surface area contributed by atoms with Gasteiger partial charge in [0.15, 0.2) is 42.3 Å². The predicted octanol–water partition coefficient (Wildman–Crippen LogP) is 4.62. The molecule has 34 heavy (non-hydrogen) atoms. The normalized spacial score (nSPS) is 11.7. The molecule has 0 fully saturated rings. The minimum atomic E-state index is -0.0207. The third kappa shape index (κ3) is 4.20. The summed E-state index contributed by atoms with van der Waals surface area (Å²) in [4.78, 5) is 0. The number of benzene rings is 2. The summed E-state index contributed by atoms with van der Waals surface area (Å²) >= 11 is 0. The van der Waals surface area contributed by atoms with Gasteiger partial charge in [-0.05, 0) is 49.1 Å². The van der Waals surface area contributed by atoms with Gasteiger partial charge in [-0.25, -0.2) is 0 Å². The lowest BCUT2D eigenvalue weighted by Gasteiger charge is -2.22. The van der Waals surface area contributed by atoms with Crippen LogP contribution in [0.15, 0.2) is 30.5 Å². The number of hydrogen-bond donors (Lipinski definition) is 0. The zero-order valence-corrected chi connectivity index (χ0v) is 19.9. The van der Waals surface area contributed by atoms with Gasteiger partial charge in [-0.3, -0.25) is 0 Å². The Bertz CT molecular complexity index is 1300. The fourth-order valence-electron chi connectivity index (χ4n) is 4.79. The second-order valence-corrected chi connectivity index (χ2v) is 8.18. The van der Waals surface area contributed by atoms with Gasteiger partial charge in [0.25, 0.3) is 0 Å². The minimum absolute atomic E-state index is 0.0207. The Hall–Kier alpha value is -3.90. The average molecular weight is 458 g/mol. The first kappa shape index (κ1) is 23.3. The van der Waals surface area contributed by atoms with Crippen molar-refractivity contribution in [2.45, 2.75) is 38.6 Å². The highest BCUT2D eigenvalue weighted by molar-refractivity contribution is 5.95. The van der Waals surface area contributed by atoms with Crippen LogP contribution in [-0.2, 0) is 19.4 Å². The highest BCUT2D eigenvalue weighted by atomic mass is 16.5. The molecule has 1 aliphatic heterocycles. The van der Waals surface area contributed by atoms with Crippen molar-refractivity contribution in [3.63, 3.8) is 0 Å². The molecule has 0 radical (unpaired) electrons. The highest BCUT2D eigenvalue weighted by Gasteiger charge is 2.31. The monoisotopic (exact) mass is 457 g/mol. The first-order valence-electron chi connectivity index (χ1n) is 11.4. The second kappa shape index (κ2) is 10.4. The number of unbranched alkanes of at least 4 members (excludes halogenated alkanes) is 2. The van der Waals surface area contributed by atoms with E-state index in [1.165, 1.54) is 16.8 Å². The molecule has 0 bridgehead atoms. The lowest BCUT2D eigenvalue weighted by Crippen LogP contribution is -2.41. The van der Waals surface area contributed by atoms with Crippen LogP contribution in [0.3, 0.4) is 0 Å². The summed E-state index contributed by atoms with van der Waals surface area (Å²) in [6.07, 6.45) is 12.1. The van der Waals surface area contributed by atoms with E-state index >= 15 is 0 Å². The molecule has 1 aromatic heterocycles. The maximum absolute atomic E-state index is 8.95. The van der Waals surface area contributed by atoms with Crippen molar-refractivity contribution in [2.75, 3.05) is 27.9 Å². The average Bonchev–Trinajstić information content (AvgIpc) is 2.87. The largest absolute Gasteiger partial charge is 0.493 e. The van der Waals surface area contributed by atoms with Crippen LogP contribution < -0.4 is 23.5 Å². The van der Waals surface area contributed by atoms with Crippen LogP contribution in [0.25, 0.3) is 22.0 Å². The van der Waals surface area contributed by atoms with Crippen molar-refractivity contribution in [2.24, 2.45) is 0 Å². The highest BCUT2D eigenvalue weighted by Crippen LogP contribution is 2.42. The molecule has 0 saturated heterocycles. The third-order valence-corrected chi connectivity index (χ3v) is 6.32. The van der Waals surface area contributed by atoms with Crippen LogP contribution in [-0.4, -0.2) is 27.9 Å². The Morgan fingerprint density at radius 1 is 1.00 bits per heavy atom. The molecule has 0 saturated carbocycles. The van der Waals surface area contributed by atoms with Crippen molar-refractivity contribution in [3.05, 3.63) is 41.6 Å². The van der Waals surface area contributed by atoms with Crippen molar-refractivity contribution >= 4 is 10.8 Å². The number of nitriles is 1. The first-order valence-corrected chi connectivity index (χ1v) is 11.4. The van der Waals surface area contributed by atoms with Gasteiger partial charge in [0, 0.05) is 23.8 Å². The molecule has 6 heteroatoms. The molecule has 0 aliphatic carbocycles. The molecule has 0 unspecified atom stereocenters. The second-order valence-electron chi connectivity index (χ2n) is 8.18. The number of methoxy groups -OCH3 is 3. The topological polar surface area (TPSA) is 64.6 Å². The van der Waals surface area contributed by atoms with Gasteiger partial charge in [-0.2, -0.15) is 9.83 Å². The Kier molecular flexibility index (Phi) is 7.09. The number of rotatable bonds is 9. The summed E-state index contributed by atoms with van der Waals surface area (Å²) < 4.78 is 24.9. The maximum Gasteiger partial charge on any atom is 0.216 e. The van der Waals surface area contributed by atoms with E-state index in [2.05, 4.69) is 22.8 Å². The molecular weight excluding hydrogens is 428 g/mol. The van der Waals surface area contributed by atoms with E-state index in [1.54, 1.807) is 21.3 Å². The summed E-state index contributed by atoms with van der Waals surface area (Å²) in [6.45, 7) is 0.799. The summed E-state index contributed by atoms with van der Waals surface area (Å²) in [5.74, 6) is 5.41. The van der Waals surface area contributed by atoms with Crippen LogP contribution in [0, 0.1) is 23.7 Å². The van der Waals surface area contributed by atoms with Crippen molar-refractivity contribution < 1.29 is 23.5 Å². The molecule has 0 N–H and O–H groups in total. The van der Waals surface area contributed by atoms with Crippen LogP contribution in [0.1, 0.15) is 30.4 Å². The smallest absolute Gasteiger partial charge is 0.216 e. The van der Waals surface area contributed by atoms with Gasteiger partial charge in [0.2, 0.25) is 5.69 Å². The van der Waals surface area contributed by atoms with Crippen LogP contribution in [0.2, 0.25) is 0 Å². The lowest BCUT2D eigenvalue weighted by molar-refractivity contribution is -0.686. The molecule has 0 amide bonds. The number of aryl methyl sites for hydroxylation is 3. The number of ether oxygens (including phenoxy) is 4. The summed E-state index contributed by atoms with van der Waals surface area (Å²) in [7, 11) is 4.96. The fraction of sp³-hybridized carbons (Fsp3) is 0.357. The van der Waals surface area contributed by atoms with E-state index in [1.807, 2.05) is 24.3 Å².